The second-order valence-corrected chi connectivity index (χ2v) is 3.50. The first-order valence-electron chi connectivity index (χ1n) is 4.20. The molecule has 0 radical (unpaired) electrons. The maximum Gasteiger partial charge on any atom is 0.0142 e. The van der Waals surface area contributed by atoms with E-state index in [0.717, 1.165) is 5.92 Å². The van der Waals surface area contributed by atoms with Gasteiger partial charge in [-0.15, -0.1) is 0 Å². The van der Waals surface area contributed by atoms with Gasteiger partial charge < -0.3 is 5.32 Å². The molecule has 0 saturated carbocycles. The van der Waals surface area contributed by atoms with Crippen molar-refractivity contribution in [3.05, 3.63) is 23.4 Å². The van der Waals surface area contributed by atoms with Crippen LogP contribution in [0.1, 0.15) is 26.7 Å². The van der Waals surface area contributed by atoms with Gasteiger partial charge in [0.15, 0.2) is 0 Å². The topological polar surface area (TPSA) is 12.0 Å². The zero-order chi connectivity index (χ0) is 8.43. The molecule has 0 amide bonds. The zero-order valence-electron chi connectivity index (χ0n) is 7.70. The molecule has 1 heteroatoms. The first kappa shape index (κ1) is 8.38. The summed E-state index contributed by atoms with van der Waals surface area (Å²) in [6.45, 7) is 8.34. The molecule has 1 unspecified atom stereocenters. The van der Waals surface area contributed by atoms with Crippen LogP contribution in [-0.4, -0.2) is 7.05 Å². The summed E-state index contributed by atoms with van der Waals surface area (Å²) in [5.41, 5.74) is 4.06. The molecule has 1 N–H and O–H groups in total. The molecular formula is C10H17N. The van der Waals surface area contributed by atoms with Gasteiger partial charge in [0, 0.05) is 12.7 Å². The first-order valence-corrected chi connectivity index (χ1v) is 4.20. The lowest BCUT2D eigenvalue weighted by molar-refractivity contribution is 0.611. The van der Waals surface area contributed by atoms with E-state index in [9.17, 15) is 0 Å². The molecule has 1 aliphatic carbocycles. The number of hydrogen-bond acceptors (Lipinski definition) is 1. The Labute approximate surface area is 69.2 Å². The van der Waals surface area contributed by atoms with E-state index in [2.05, 4.69) is 25.7 Å². The van der Waals surface area contributed by atoms with Gasteiger partial charge in [-0.25, -0.2) is 0 Å². The highest BCUT2D eigenvalue weighted by Crippen LogP contribution is 2.32. The van der Waals surface area contributed by atoms with Crippen molar-refractivity contribution in [1.29, 1.82) is 0 Å². The molecule has 0 aromatic carbocycles. The van der Waals surface area contributed by atoms with Crippen LogP contribution in [0.5, 0.6) is 0 Å². The van der Waals surface area contributed by atoms with Crippen LogP contribution in [0.15, 0.2) is 23.4 Å². The van der Waals surface area contributed by atoms with Crippen molar-refractivity contribution in [1.82, 2.24) is 5.32 Å². The summed E-state index contributed by atoms with van der Waals surface area (Å²) in [4.78, 5) is 0. The Hall–Kier alpha value is -0.720. The van der Waals surface area contributed by atoms with Crippen molar-refractivity contribution in [2.24, 2.45) is 5.92 Å². The highest BCUT2D eigenvalue weighted by molar-refractivity contribution is 5.34. The van der Waals surface area contributed by atoms with Crippen molar-refractivity contribution in [3.8, 4) is 0 Å². The van der Waals surface area contributed by atoms with Crippen molar-refractivity contribution >= 4 is 0 Å². The zero-order valence-corrected chi connectivity index (χ0v) is 7.70. The smallest absolute Gasteiger partial charge is 0.0142 e. The van der Waals surface area contributed by atoms with Crippen molar-refractivity contribution in [3.63, 3.8) is 0 Å². The number of rotatable bonds is 2. The van der Waals surface area contributed by atoms with Crippen LogP contribution in [0.3, 0.4) is 0 Å². The third-order valence-corrected chi connectivity index (χ3v) is 2.29. The van der Waals surface area contributed by atoms with E-state index in [0.29, 0.717) is 0 Å². The molecule has 0 heterocycles. The molecule has 1 atom stereocenters. The lowest BCUT2D eigenvalue weighted by Gasteiger charge is -2.04. The molecule has 62 valence electrons. The Kier molecular flexibility index (Phi) is 2.38. The van der Waals surface area contributed by atoms with E-state index < -0.39 is 0 Å². The molecule has 0 bridgehead atoms. The Morgan fingerprint density at radius 3 is 2.55 bits per heavy atom. The Morgan fingerprint density at radius 1 is 1.55 bits per heavy atom. The van der Waals surface area contributed by atoms with Crippen LogP contribution in [0.2, 0.25) is 0 Å². The Bertz CT molecular complexity index is 201. The van der Waals surface area contributed by atoms with Gasteiger partial charge >= 0.3 is 0 Å². The molecule has 0 fully saturated rings. The second kappa shape index (κ2) is 3.12. The van der Waals surface area contributed by atoms with E-state index in [1.54, 1.807) is 0 Å². The molecule has 0 aliphatic heterocycles. The first-order chi connectivity index (χ1) is 5.15. The molecule has 0 saturated heterocycles. The summed E-state index contributed by atoms with van der Waals surface area (Å²) in [7, 11) is 2.00. The monoisotopic (exact) mass is 151 g/mol. The largest absolute Gasteiger partial charge is 0.391 e. The lowest BCUT2D eigenvalue weighted by Crippen LogP contribution is -2.05. The van der Waals surface area contributed by atoms with E-state index >= 15 is 0 Å². The fourth-order valence-electron chi connectivity index (χ4n) is 1.70. The van der Waals surface area contributed by atoms with Crippen molar-refractivity contribution in [2.75, 3.05) is 7.05 Å². The van der Waals surface area contributed by atoms with Gasteiger partial charge in [-0.05, 0) is 31.3 Å². The summed E-state index contributed by atoms with van der Waals surface area (Å²) in [6.07, 6.45) is 2.39. The van der Waals surface area contributed by atoms with Crippen LogP contribution >= 0.6 is 0 Å². The average molecular weight is 151 g/mol. The maximum absolute atomic E-state index is 3.97. The molecule has 1 nitrogen and oxygen atoms in total. The molecular weight excluding hydrogens is 134 g/mol. The minimum atomic E-state index is 0.796. The molecule has 0 spiro atoms. The van der Waals surface area contributed by atoms with Gasteiger partial charge in [-0.2, -0.15) is 0 Å². The van der Waals surface area contributed by atoms with Crippen LogP contribution in [-0.2, 0) is 0 Å². The highest BCUT2D eigenvalue weighted by atomic mass is 14.8. The van der Waals surface area contributed by atoms with Crippen LogP contribution in [0.25, 0.3) is 0 Å². The molecule has 11 heavy (non-hydrogen) atoms. The van der Waals surface area contributed by atoms with Crippen LogP contribution in [0, 0.1) is 5.92 Å². The lowest BCUT2D eigenvalue weighted by atomic mass is 10.0. The van der Waals surface area contributed by atoms with Crippen LogP contribution in [0.4, 0.5) is 0 Å². The fraction of sp³-hybridized carbons (Fsp3) is 0.600. The predicted octanol–water partition coefficient (Wildman–Crippen LogP) is 2.47. The quantitative estimate of drug-likeness (QED) is 0.639. The maximum atomic E-state index is 3.97. The Balaban J connectivity index is 2.79. The van der Waals surface area contributed by atoms with E-state index in [4.69, 9.17) is 0 Å². The summed E-state index contributed by atoms with van der Waals surface area (Å²) in [6, 6.07) is 0. The molecule has 0 aromatic rings. The standard InChI is InChI=1S/C10H17N/c1-7(2)9-5-8(3)6-10(9)11-4/h8,11H,1,5-6H2,2-4H3. The minimum absolute atomic E-state index is 0.796. The molecule has 1 aliphatic rings. The van der Waals surface area contributed by atoms with Crippen molar-refractivity contribution in [2.45, 2.75) is 26.7 Å². The van der Waals surface area contributed by atoms with Gasteiger partial charge in [-0.1, -0.05) is 19.1 Å². The normalized spacial score (nSPS) is 24.1. The second-order valence-electron chi connectivity index (χ2n) is 3.50. The summed E-state index contributed by atoms with van der Waals surface area (Å²) < 4.78 is 0. The minimum Gasteiger partial charge on any atom is -0.391 e. The fourth-order valence-corrected chi connectivity index (χ4v) is 1.70. The van der Waals surface area contributed by atoms with E-state index in [1.165, 1.54) is 29.7 Å². The number of allylic oxidation sites excluding steroid dienone is 3. The number of hydrogen-bond donors (Lipinski definition) is 1. The third-order valence-electron chi connectivity index (χ3n) is 2.29. The number of nitrogens with one attached hydrogen (secondary N) is 1. The molecule has 1 rings (SSSR count). The van der Waals surface area contributed by atoms with Gasteiger partial charge in [0.05, 0.1) is 0 Å². The van der Waals surface area contributed by atoms with E-state index in [-0.39, 0.29) is 0 Å². The van der Waals surface area contributed by atoms with E-state index in [1.807, 2.05) is 7.05 Å². The van der Waals surface area contributed by atoms with Gasteiger partial charge in [0.25, 0.3) is 0 Å². The van der Waals surface area contributed by atoms with Gasteiger partial charge in [-0.3, -0.25) is 0 Å². The highest BCUT2D eigenvalue weighted by Gasteiger charge is 2.19. The summed E-state index contributed by atoms with van der Waals surface area (Å²) in [5, 5.41) is 3.24. The van der Waals surface area contributed by atoms with Crippen LogP contribution < -0.4 is 5.32 Å². The van der Waals surface area contributed by atoms with Gasteiger partial charge in [0.2, 0.25) is 0 Å². The summed E-state index contributed by atoms with van der Waals surface area (Å²) >= 11 is 0. The molecule has 0 aromatic heterocycles. The summed E-state index contributed by atoms with van der Waals surface area (Å²) in [5.74, 6) is 0.796. The van der Waals surface area contributed by atoms with Crippen molar-refractivity contribution < 1.29 is 0 Å². The average Bonchev–Trinajstić information content (AvgIpc) is 2.30. The third kappa shape index (κ3) is 1.65. The Morgan fingerprint density at radius 2 is 2.18 bits per heavy atom. The predicted molar refractivity (Wildman–Crippen MR) is 49.3 cm³/mol. The SMILES string of the molecule is C=C(C)C1=C(NC)CC(C)C1. The van der Waals surface area contributed by atoms with Gasteiger partial charge in [0.1, 0.15) is 0 Å².